The van der Waals surface area contributed by atoms with E-state index in [2.05, 4.69) is 47.9 Å². The van der Waals surface area contributed by atoms with Crippen LogP contribution >= 0.6 is 0 Å². The van der Waals surface area contributed by atoms with Gasteiger partial charge in [-0.2, -0.15) is 0 Å². The van der Waals surface area contributed by atoms with Gasteiger partial charge in [-0.15, -0.1) is 0 Å². The van der Waals surface area contributed by atoms with Gasteiger partial charge in [0, 0.05) is 23.2 Å². The first kappa shape index (κ1) is 12.0. The zero-order valence-electron chi connectivity index (χ0n) is 11.5. The van der Waals surface area contributed by atoms with Crippen LogP contribution < -0.4 is 0 Å². The summed E-state index contributed by atoms with van der Waals surface area (Å²) in [5.74, 6) is 0. The van der Waals surface area contributed by atoms with Gasteiger partial charge in [-0.25, -0.2) is 15.0 Å². The normalized spacial score (nSPS) is 12.2. The lowest BCUT2D eigenvalue weighted by Crippen LogP contribution is -2.09. The molecular formula is C16H17N3. The molecule has 3 heteroatoms. The predicted octanol–water partition coefficient (Wildman–Crippen LogP) is 3.77. The van der Waals surface area contributed by atoms with Crippen LogP contribution in [0, 0.1) is 5.41 Å². The van der Waals surface area contributed by atoms with Crippen molar-refractivity contribution >= 4 is 22.1 Å². The van der Waals surface area contributed by atoms with Gasteiger partial charge < -0.3 is 0 Å². The highest BCUT2D eigenvalue weighted by atomic mass is 14.9. The van der Waals surface area contributed by atoms with Gasteiger partial charge in [0.1, 0.15) is 0 Å². The van der Waals surface area contributed by atoms with Crippen LogP contribution in [0.1, 0.15) is 26.3 Å². The van der Waals surface area contributed by atoms with Crippen LogP contribution in [0.15, 0.2) is 36.7 Å². The summed E-state index contributed by atoms with van der Waals surface area (Å²) >= 11 is 0. The molecule has 0 N–H and O–H groups in total. The van der Waals surface area contributed by atoms with Crippen molar-refractivity contribution in [1.29, 1.82) is 0 Å². The second kappa shape index (κ2) is 4.26. The van der Waals surface area contributed by atoms with Gasteiger partial charge in [0.15, 0.2) is 11.3 Å². The maximum Gasteiger partial charge on any atom is 0.161 e. The molecule has 0 atom stereocenters. The third-order valence-corrected chi connectivity index (χ3v) is 3.03. The first-order chi connectivity index (χ1) is 9.01. The molecule has 96 valence electrons. The van der Waals surface area contributed by atoms with Crippen molar-refractivity contribution in [1.82, 2.24) is 15.0 Å². The predicted molar refractivity (Wildman–Crippen MR) is 78.0 cm³/mol. The maximum absolute atomic E-state index is 4.49. The highest BCUT2D eigenvalue weighted by Crippen LogP contribution is 2.23. The lowest BCUT2D eigenvalue weighted by molar-refractivity contribution is 0.411. The summed E-state index contributed by atoms with van der Waals surface area (Å²) in [5.41, 5.74) is 3.04. The Labute approximate surface area is 112 Å². The molecule has 19 heavy (non-hydrogen) atoms. The van der Waals surface area contributed by atoms with E-state index >= 15 is 0 Å². The highest BCUT2D eigenvalue weighted by molar-refractivity contribution is 5.89. The van der Waals surface area contributed by atoms with Crippen molar-refractivity contribution in [2.24, 2.45) is 5.41 Å². The minimum Gasteiger partial charge on any atom is -0.237 e. The van der Waals surface area contributed by atoms with E-state index in [1.54, 1.807) is 6.20 Å². The smallest absolute Gasteiger partial charge is 0.161 e. The Morgan fingerprint density at radius 1 is 1.00 bits per heavy atom. The van der Waals surface area contributed by atoms with Gasteiger partial charge in [0.05, 0.1) is 0 Å². The van der Waals surface area contributed by atoms with Crippen molar-refractivity contribution in [3.63, 3.8) is 0 Å². The zero-order valence-corrected chi connectivity index (χ0v) is 11.5. The standard InChI is InChI=1S/C16H17N3/c1-16(2,3)9-11-7-13-8-12-5-4-6-17-14(12)19-15(13)18-10-11/h4-8,10H,9H2,1-3H3. The number of rotatable bonds is 1. The quantitative estimate of drug-likeness (QED) is 0.618. The molecule has 0 spiro atoms. The Balaban J connectivity index is 2.14. The molecule has 0 aliphatic carbocycles. The molecule has 0 amide bonds. The van der Waals surface area contributed by atoms with E-state index in [1.165, 1.54) is 5.56 Å². The number of pyridine rings is 3. The average Bonchev–Trinajstić information content (AvgIpc) is 2.34. The van der Waals surface area contributed by atoms with Crippen LogP contribution in [0.25, 0.3) is 22.1 Å². The van der Waals surface area contributed by atoms with E-state index in [0.29, 0.717) is 0 Å². The number of aromatic nitrogens is 3. The molecule has 3 aromatic heterocycles. The van der Waals surface area contributed by atoms with Crippen molar-refractivity contribution in [3.05, 3.63) is 42.2 Å². The minimum atomic E-state index is 0.265. The van der Waals surface area contributed by atoms with E-state index in [1.807, 2.05) is 18.3 Å². The Morgan fingerprint density at radius 3 is 2.58 bits per heavy atom. The third-order valence-electron chi connectivity index (χ3n) is 3.03. The van der Waals surface area contributed by atoms with Gasteiger partial charge in [-0.1, -0.05) is 20.8 Å². The van der Waals surface area contributed by atoms with Gasteiger partial charge in [-0.05, 0) is 41.7 Å². The molecule has 0 unspecified atom stereocenters. The zero-order chi connectivity index (χ0) is 13.5. The first-order valence-corrected chi connectivity index (χ1v) is 6.52. The van der Waals surface area contributed by atoms with Gasteiger partial charge in [0.25, 0.3) is 0 Å². The summed E-state index contributed by atoms with van der Waals surface area (Å²) in [6, 6.07) is 8.27. The Hall–Kier alpha value is -2.03. The molecule has 3 nitrogen and oxygen atoms in total. The van der Waals surface area contributed by atoms with Gasteiger partial charge in [0.2, 0.25) is 0 Å². The summed E-state index contributed by atoms with van der Waals surface area (Å²) in [4.78, 5) is 13.2. The molecule has 0 saturated carbocycles. The monoisotopic (exact) mass is 251 g/mol. The van der Waals surface area contributed by atoms with E-state index < -0.39 is 0 Å². The molecule has 0 aliphatic heterocycles. The summed E-state index contributed by atoms with van der Waals surface area (Å²) in [6.07, 6.45) is 4.70. The number of nitrogens with zero attached hydrogens (tertiary/aromatic N) is 3. The second-order valence-electron chi connectivity index (χ2n) is 6.17. The van der Waals surface area contributed by atoms with Crippen molar-refractivity contribution in [2.45, 2.75) is 27.2 Å². The van der Waals surface area contributed by atoms with Crippen LogP contribution in [0.2, 0.25) is 0 Å². The summed E-state index contributed by atoms with van der Waals surface area (Å²) in [6.45, 7) is 6.71. The molecular weight excluding hydrogens is 234 g/mol. The summed E-state index contributed by atoms with van der Waals surface area (Å²) in [5, 5.41) is 2.15. The first-order valence-electron chi connectivity index (χ1n) is 6.52. The van der Waals surface area contributed by atoms with E-state index in [-0.39, 0.29) is 5.41 Å². The molecule has 3 heterocycles. The van der Waals surface area contributed by atoms with Crippen LogP contribution in [0.5, 0.6) is 0 Å². The lowest BCUT2D eigenvalue weighted by atomic mass is 9.88. The minimum absolute atomic E-state index is 0.265. The summed E-state index contributed by atoms with van der Waals surface area (Å²) in [7, 11) is 0. The van der Waals surface area contributed by atoms with Gasteiger partial charge in [-0.3, -0.25) is 0 Å². The Bertz CT molecular complexity index is 742. The molecule has 0 fully saturated rings. The van der Waals surface area contributed by atoms with E-state index in [4.69, 9.17) is 0 Å². The SMILES string of the molecule is CC(C)(C)Cc1cnc2nc3ncccc3cc2c1. The average molecular weight is 251 g/mol. The fraction of sp³-hybridized carbons (Fsp3) is 0.312. The van der Waals surface area contributed by atoms with Crippen molar-refractivity contribution < 1.29 is 0 Å². The topological polar surface area (TPSA) is 38.7 Å². The number of hydrogen-bond acceptors (Lipinski definition) is 3. The molecule has 0 aromatic carbocycles. The van der Waals surface area contributed by atoms with Gasteiger partial charge >= 0.3 is 0 Å². The third kappa shape index (κ3) is 2.55. The van der Waals surface area contributed by atoms with Crippen LogP contribution in [0.4, 0.5) is 0 Å². The second-order valence-corrected chi connectivity index (χ2v) is 6.17. The molecule has 0 aliphatic rings. The molecule has 0 bridgehead atoms. The fourth-order valence-electron chi connectivity index (χ4n) is 2.31. The van der Waals surface area contributed by atoms with E-state index in [0.717, 1.165) is 28.5 Å². The van der Waals surface area contributed by atoms with Crippen LogP contribution in [-0.2, 0) is 6.42 Å². The molecule has 0 radical (unpaired) electrons. The fourth-order valence-corrected chi connectivity index (χ4v) is 2.31. The highest BCUT2D eigenvalue weighted by Gasteiger charge is 2.12. The van der Waals surface area contributed by atoms with E-state index in [9.17, 15) is 0 Å². The molecule has 3 rings (SSSR count). The Kier molecular flexibility index (Phi) is 2.70. The Morgan fingerprint density at radius 2 is 1.79 bits per heavy atom. The largest absolute Gasteiger partial charge is 0.237 e. The number of hydrogen-bond donors (Lipinski definition) is 0. The van der Waals surface area contributed by atoms with Crippen LogP contribution in [-0.4, -0.2) is 15.0 Å². The van der Waals surface area contributed by atoms with Crippen molar-refractivity contribution in [3.8, 4) is 0 Å². The summed E-state index contributed by atoms with van der Waals surface area (Å²) < 4.78 is 0. The molecule has 3 aromatic rings. The maximum atomic E-state index is 4.49. The van der Waals surface area contributed by atoms with Crippen LogP contribution in [0.3, 0.4) is 0 Å². The number of fused-ring (bicyclic) bond motifs is 2. The van der Waals surface area contributed by atoms with Crippen molar-refractivity contribution in [2.75, 3.05) is 0 Å². The molecule has 0 saturated heterocycles. The lowest BCUT2D eigenvalue weighted by Gasteiger charge is -2.17.